The van der Waals surface area contributed by atoms with Crippen LogP contribution < -0.4 is 10.2 Å². The number of carbonyl (C=O) groups excluding carboxylic acids is 1. The minimum atomic E-state index is 0. The van der Waals surface area contributed by atoms with Crippen LogP contribution in [0.1, 0.15) is 25.3 Å². The fraction of sp³-hybridized carbons (Fsp3) is 0.600. The molecule has 0 aromatic heterocycles. The molecular formula is C20H29IN4O2. The third-order valence-corrected chi connectivity index (χ3v) is 5.77. The van der Waals surface area contributed by atoms with Crippen molar-refractivity contribution in [2.45, 2.75) is 26.2 Å². The fourth-order valence-electron chi connectivity index (χ4n) is 4.33. The first kappa shape index (κ1) is 20.4. The Balaban J connectivity index is 0.00000210. The Bertz CT molecular complexity index is 703. The molecule has 3 heterocycles. The molecule has 0 radical (unpaired) electrons. The van der Waals surface area contributed by atoms with E-state index in [0.29, 0.717) is 24.9 Å². The van der Waals surface area contributed by atoms with Gasteiger partial charge in [0, 0.05) is 43.9 Å². The van der Waals surface area contributed by atoms with Gasteiger partial charge in [0.05, 0.1) is 19.6 Å². The lowest BCUT2D eigenvalue weighted by molar-refractivity contribution is -0.117. The zero-order chi connectivity index (χ0) is 18.0. The number of nitrogens with zero attached hydrogens (tertiary/aromatic N) is 3. The van der Waals surface area contributed by atoms with Crippen LogP contribution >= 0.6 is 24.0 Å². The molecule has 1 unspecified atom stereocenters. The minimum absolute atomic E-state index is 0. The molecule has 7 heteroatoms. The molecule has 1 amide bonds. The number of hydrogen-bond donors (Lipinski definition) is 1. The SMILES string of the molecule is CCNC(=NCCN1C(=O)Cc2ccccc21)N1CCC2(CCOC2)C1.I. The van der Waals surface area contributed by atoms with Gasteiger partial charge in [-0.15, -0.1) is 24.0 Å². The Morgan fingerprint density at radius 1 is 1.33 bits per heavy atom. The molecule has 27 heavy (non-hydrogen) atoms. The van der Waals surface area contributed by atoms with Crippen LogP contribution in [0.15, 0.2) is 29.3 Å². The number of anilines is 1. The van der Waals surface area contributed by atoms with Crippen LogP contribution in [0.25, 0.3) is 0 Å². The third-order valence-electron chi connectivity index (χ3n) is 5.77. The van der Waals surface area contributed by atoms with Crippen molar-refractivity contribution >= 4 is 41.5 Å². The summed E-state index contributed by atoms with van der Waals surface area (Å²) >= 11 is 0. The Labute approximate surface area is 178 Å². The lowest BCUT2D eigenvalue weighted by Gasteiger charge is -2.25. The van der Waals surface area contributed by atoms with Gasteiger partial charge in [-0.2, -0.15) is 0 Å². The highest BCUT2D eigenvalue weighted by Gasteiger charge is 2.42. The lowest BCUT2D eigenvalue weighted by Crippen LogP contribution is -2.42. The van der Waals surface area contributed by atoms with Crippen molar-refractivity contribution in [3.8, 4) is 0 Å². The maximum Gasteiger partial charge on any atom is 0.231 e. The van der Waals surface area contributed by atoms with Crippen LogP contribution in [0.3, 0.4) is 0 Å². The number of rotatable bonds is 4. The van der Waals surface area contributed by atoms with Gasteiger partial charge in [0.25, 0.3) is 0 Å². The van der Waals surface area contributed by atoms with Crippen molar-refractivity contribution in [2.75, 3.05) is 50.8 Å². The molecule has 1 atom stereocenters. The molecule has 1 aromatic carbocycles. The largest absolute Gasteiger partial charge is 0.381 e. The summed E-state index contributed by atoms with van der Waals surface area (Å²) in [6.07, 6.45) is 2.84. The average molecular weight is 484 g/mol. The molecule has 6 nitrogen and oxygen atoms in total. The highest BCUT2D eigenvalue weighted by atomic mass is 127. The lowest BCUT2D eigenvalue weighted by atomic mass is 9.87. The van der Waals surface area contributed by atoms with Crippen LogP contribution in [0.4, 0.5) is 5.69 Å². The van der Waals surface area contributed by atoms with Crippen LogP contribution in [0.5, 0.6) is 0 Å². The first-order chi connectivity index (χ1) is 12.7. The van der Waals surface area contributed by atoms with Gasteiger partial charge in [-0.1, -0.05) is 18.2 Å². The summed E-state index contributed by atoms with van der Waals surface area (Å²) in [6.45, 7) is 8.00. The van der Waals surface area contributed by atoms with Gasteiger partial charge >= 0.3 is 0 Å². The molecule has 3 aliphatic heterocycles. The predicted molar refractivity (Wildman–Crippen MR) is 118 cm³/mol. The van der Waals surface area contributed by atoms with E-state index in [4.69, 9.17) is 9.73 Å². The van der Waals surface area contributed by atoms with E-state index in [1.807, 2.05) is 29.2 Å². The normalized spacial score (nSPS) is 24.5. The number of ether oxygens (including phenoxy) is 1. The van der Waals surface area contributed by atoms with Crippen LogP contribution in [0, 0.1) is 5.41 Å². The van der Waals surface area contributed by atoms with Gasteiger partial charge in [-0.05, 0) is 31.4 Å². The molecule has 1 aromatic rings. The first-order valence-electron chi connectivity index (χ1n) is 9.70. The molecule has 1 spiro atoms. The number of nitrogens with one attached hydrogen (secondary N) is 1. The van der Waals surface area contributed by atoms with Crippen LogP contribution in [0.2, 0.25) is 0 Å². The van der Waals surface area contributed by atoms with Gasteiger partial charge < -0.3 is 19.9 Å². The summed E-state index contributed by atoms with van der Waals surface area (Å²) in [5.74, 6) is 1.14. The summed E-state index contributed by atoms with van der Waals surface area (Å²) in [7, 11) is 0. The maximum atomic E-state index is 12.3. The number of amides is 1. The van der Waals surface area contributed by atoms with E-state index in [0.717, 1.165) is 56.5 Å². The molecule has 4 rings (SSSR count). The number of fused-ring (bicyclic) bond motifs is 1. The van der Waals surface area contributed by atoms with Gasteiger partial charge in [0.15, 0.2) is 5.96 Å². The summed E-state index contributed by atoms with van der Waals surface area (Å²) in [5.41, 5.74) is 2.48. The highest BCUT2D eigenvalue weighted by Crippen LogP contribution is 2.38. The zero-order valence-electron chi connectivity index (χ0n) is 15.9. The van der Waals surface area contributed by atoms with Crippen molar-refractivity contribution in [3.05, 3.63) is 29.8 Å². The standard InChI is InChI=1S/C20H28N4O2.HI/c1-2-21-19(23-10-7-20(14-23)8-12-26-15-20)22-9-11-24-17-6-4-3-5-16(17)13-18(24)25;/h3-6H,2,7-15H2,1H3,(H,21,22);1H. The van der Waals surface area contributed by atoms with Gasteiger partial charge in [0.1, 0.15) is 0 Å². The number of likely N-dealkylation sites (tertiary alicyclic amines) is 1. The second-order valence-corrected chi connectivity index (χ2v) is 7.56. The van der Waals surface area contributed by atoms with E-state index in [1.54, 1.807) is 0 Å². The third kappa shape index (κ3) is 4.23. The number of guanidine groups is 1. The van der Waals surface area contributed by atoms with Gasteiger partial charge in [-0.25, -0.2) is 0 Å². The molecule has 2 saturated heterocycles. The van der Waals surface area contributed by atoms with E-state index in [2.05, 4.69) is 17.1 Å². The quantitative estimate of drug-likeness (QED) is 0.405. The minimum Gasteiger partial charge on any atom is -0.381 e. The molecule has 0 aliphatic carbocycles. The predicted octanol–water partition coefficient (Wildman–Crippen LogP) is 2.27. The number of carbonyl (C=O) groups is 1. The average Bonchev–Trinajstić information content (AvgIpc) is 3.35. The Morgan fingerprint density at radius 3 is 2.96 bits per heavy atom. The Kier molecular flexibility index (Phi) is 6.62. The highest BCUT2D eigenvalue weighted by molar-refractivity contribution is 14.0. The summed E-state index contributed by atoms with van der Waals surface area (Å²) in [6, 6.07) is 8.05. The van der Waals surface area contributed by atoms with E-state index in [-0.39, 0.29) is 29.9 Å². The number of benzene rings is 1. The Hall–Kier alpha value is -1.35. The van der Waals surface area contributed by atoms with Crippen LogP contribution in [-0.2, 0) is 16.0 Å². The molecule has 1 N–H and O–H groups in total. The van der Waals surface area contributed by atoms with Crippen molar-refractivity contribution in [3.63, 3.8) is 0 Å². The van der Waals surface area contributed by atoms with Gasteiger partial charge in [0.2, 0.25) is 5.91 Å². The number of aliphatic imine (C=N–C) groups is 1. The van der Waals surface area contributed by atoms with E-state index in [9.17, 15) is 4.79 Å². The van der Waals surface area contributed by atoms with Crippen molar-refractivity contribution in [2.24, 2.45) is 10.4 Å². The summed E-state index contributed by atoms with van der Waals surface area (Å²) in [4.78, 5) is 21.3. The topological polar surface area (TPSA) is 57.2 Å². The molecular weight excluding hydrogens is 455 g/mol. The molecule has 3 aliphatic rings. The second-order valence-electron chi connectivity index (χ2n) is 7.56. The first-order valence-corrected chi connectivity index (χ1v) is 9.70. The molecule has 2 fully saturated rings. The van der Waals surface area contributed by atoms with E-state index < -0.39 is 0 Å². The number of hydrogen-bond acceptors (Lipinski definition) is 3. The summed E-state index contributed by atoms with van der Waals surface area (Å²) in [5, 5.41) is 3.42. The maximum absolute atomic E-state index is 12.3. The van der Waals surface area contributed by atoms with Crippen LogP contribution in [-0.4, -0.2) is 62.7 Å². The smallest absolute Gasteiger partial charge is 0.231 e. The molecule has 148 valence electrons. The Morgan fingerprint density at radius 2 is 2.19 bits per heavy atom. The molecule has 0 bridgehead atoms. The fourth-order valence-corrected chi connectivity index (χ4v) is 4.33. The zero-order valence-corrected chi connectivity index (χ0v) is 18.3. The second kappa shape index (κ2) is 8.77. The monoisotopic (exact) mass is 484 g/mol. The number of para-hydroxylation sites is 1. The summed E-state index contributed by atoms with van der Waals surface area (Å²) < 4.78 is 5.63. The van der Waals surface area contributed by atoms with Crippen molar-refractivity contribution < 1.29 is 9.53 Å². The van der Waals surface area contributed by atoms with Crippen molar-refractivity contribution in [1.82, 2.24) is 10.2 Å². The molecule has 0 saturated carbocycles. The number of halogens is 1. The van der Waals surface area contributed by atoms with E-state index in [1.165, 1.54) is 6.42 Å². The van der Waals surface area contributed by atoms with Gasteiger partial charge in [-0.3, -0.25) is 9.79 Å². The van der Waals surface area contributed by atoms with Crippen molar-refractivity contribution in [1.29, 1.82) is 0 Å². The van der Waals surface area contributed by atoms with E-state index >= 15 is 0 Å².